The number of benzene rings is 1. The predicted molar refractivity (Wildman–Crippen MR) is 112 cm³/mol. The van der Waals surface area contributed by atoms with Gasteiger partial charge in [0, 0.05) is 31.5 Å². The smallest absolute Gasteiger partial charge is 0.273 e. The molecule has 0 bridgehead atoms. The van der Waals surface area contributed by atoms with Gasteiger partial charge in [-0.05, 0) is 56.4 Å². The number of H-pyrrole nitrogens is 1. The van der Waals surface area contributed by atoms with Gasteiger partial charge in [-0.15, -0.1) is 10.2 Å². The third-order valence-corrected chi connectivity index (χ3v) is 5.52. The van der Waals surface area contributed by atoms with Crippen LogP contribution in [0.2, 0.25) is 0 Å². The molecular weight excluding hydrogens is 368 g/mol. The summed E-state index contributed by atoms with van der Waals surface area (Å²) in [4.78, 5) is 29.4. The van der Waals surface area contributed by atoms with E-state index in [0.29, 0.717) is 23.9 Å². The van der Waals surface area contributed by atoms with Crippen molar-refractivity contribution in [3.8, 4) is 17.1 Å². The zero-order valence-electron chi connectivity index (χ0n) is 17.5. The van der Waals surface area contributed by atoms with Gasteiger partial charge in [0.25, 0.3) is 5.56 Å². The molecule has 1 aromatic carbocycles. The number of carbonyl (C=O) groups is 1. The van der Waals surface area contributed by atoms with Gasteiger partial charge in [-0.3, -0.25) is 9.59 Å². The van der Waals surface area contributed by atoms with Crippen LogP contribution < -0.4 is 10.3 Å². The van der Waals surface area contributed by atoms with E-state index >= 15 is 0 Å². The van der Waals surface area contributed by atoms with E-state index in [9.17, 15) is 9.59 Å². The average Bonchev–Trinajstić information content (AvgIpc) is 2.73. The first-order valence-corrected chi connectivity index (χ1v) is 10.5. The molecule has 0 radical (unpaired) electrons. The number of nitrogens with one attached hydrogen (secondary N) is 1. The molecule has 7 nitrogen and oxygen atoms in total. The average molecular weight is 399 g/mol. The lowest BCUT2D eigenvalue weighted by Gasteiger charge is -2.30. The van der Waals surface area contributed by atoms with Gasteiger partial charge in [-0.25, -0.2) is 0 Å². The summed E-state index contributed by atoms with van der Waals surface area (Å²) in [6.45, 7) is 7.91. The van der Waals surface area contributed by atoms with Crippen molar-refractivity contribution in [3.63, 3.8) is 0 Å². The van der Waals surface area contributed by atoms with Gasteiger partial charge in [0.1, 0.15) is 11.4 Å². The number of aromatic amines is 1. The van der Waals surface area contributed by atoms with Crippen LogP contribution in [0.4, 0.5) is 0 Å². The molecule has 1 aliphatic rings. The van der Waals surface area contributed by atoms with Crippen LogP contribution in [0.3, 0.4) is 0 Å². The Morgan fingerprint density at radius 2 is 1.93 bits per heavy atom. The van der Waals surface area contributed by atoms with Gasteiger partial charge in [0.05, 0.1) is 6.10 Å². The lowest BCUT2D eigenvalue weighted by atomic mass is 9.99. The van der Waals surface area contributed by atoms with Crippen LogP contribution >= 0.6 is 0 Å². The topological polar surface area (TPSA) is 88.2 Å². The second-order valence-electron chi connectivity index (χ2n) is 7.87. The van der Waals surface area contributed by atoms with Crippen LogP contribution in [0.5, 0.6) is 5.75 Å². The van der Waals surface area contributed by atoms with Crippen molar-refractivity contribution in [1.29, 1.82) is 0 Å². The molecule has 0 aliphatic carbocycles. The van der Waals surface area contributed by atoms with Gasteiger partial charge >= 0.3 is 0 Å². The highest BCUT2D eigenvalue weighted by Crippen LogP contribution is 2.20. The minimum absolute atomic E-state index is 0.0825. The predicted octanol–water partition coefficient (Wildman–Crippen LogP) is 3.20. The van der Waals surface area contributed by atoms with Crippen molar-refractivity contribution in [3.05, 3.63) is 40.3 Å². The fraction of sp³-hybridized carbons (Fsp3) is 0.545. The number of rotatable bonds is 7. The highest BCUT2D eigenvalue weighted by atomic mass is 16.5. The summed E-state index contributed by atoms with van der Waals surface area (Å²) >= 11 is 0. The highest BCUT2D eigenvalue weighted by Gasteiger charge is 2.20. The third kappa shape index (κ3) is 5.65. The van der Waals surface area contributed by atoms with Crippen LogP contribution in [0, 0.1) is 5.92 Å². The summed E-state index contributed by atoms with van der Waals surface area (Å²) in [5.41, 5.74) is 0.760. The summed E-state index contributed by atoms with van der Waals surface area (Å²) in [7, 11) is 0. The Hall–Kier alpha value is -2.70. The van der Waals surface area contributed by atoms with Gasteiger partial charge in [0.15, 0.2) is 5.82 Å². The van der Waals surface area contributed by atoms with Crippen molar-refractivity contribution in [2.75, 3.05) is 13.1 Å². The molecule has 2 aromatic rings. The second kappa shape index (κ2) is 9.67. The van der Waals surface area contributed by atoms with Gasteiger partial charge in [-0.2, -0.15) is 0 Å². The molecule has 2 heterocycles. The Balaban J connectivity index is 1.60. The van der Waals surface area contributed by atoms with Gasteiger partial charge < -0.3 is 14.6 Å². The van der Waals surface area contributed by atoms with Crippen LogP contribution in [0.15, 0.2) is 29.1 Å². The molecule has 0 saturated carbocycles. The van der Waals surface area contributed by atoms with Crippen molar-refractivity contribution in [2.24, 2.45) is 5.92 Å². The van der Waals surface area contributed by atoms with E-state index < -0.39 is 0 Å². The van der Waals surface area contributed by atoms with Crippen LogP contribution in [-0.2, 0) is 11.2 Å². The number of nitrogens with zero attached hydrogens (tertiary/aromatic N) is 3. The summed E-state index contributed by atoms with van der Waals surface area (Å²) in [5.74, 6) is 1.95. The second-order valence-corrected chi connectivity index (χ2v) is 7.87. The molecule has 1 N–H and O–H groups in total. The van der Waals surface area contributed by atoms with Crippen molar-refractivity contribution in [1.82, 2.24) is 20.1 Å². The van der Waals surface area contributed by atoms with E-state index in [4.69, 9.17) is 4.74 Å². The fourth-order valence-corrected chi connectivity index (χ4v) is 3.30. The molecule has 1 atom stereocenters. The standard InChI is InChI=1S/C22H30N4O3/c1-4-16(3)29-18-7-5-17(6-8-18)21-23-22(28)19(24-25-21)9-10-20(27)26-13-11-15(2)12-14-26/h5-8,15-16H,4,9-14H2,1-3H3,(H,23,25,28). The molecule has 7 heteroatoms. The number of aromatic nitrogens is 3. The van der Waals surface area contributed by atoms with E-state index in [0.717, 1.165) is 43.7 Å². The summed E-state index contributed by atoms with van der Waals surface area (Å²) in [6.07, 6.45) is 3.75. The van der Waals surface area contributed by atoms with Crippen molar-refractivity contribution in [2.45, 2.75) is 59.0 Å². The van der Waals surface area contributed by atoms with Crippen LogP contribution in [0.25, 0.3) is 11.4 Å². The van der Waals surface area contributed by atoms with E-state index in [1.807, 2.05) is 36.1 Å². The van der Waals surface area contributed by atoms with Gasteiger partial charge in [-0.1, -0.05) is 13.8 Å². The summed E-state index contributed by atoms with van der Waals surface area (Å²) in [5, 5.41) is 8.22. The fourth-order valence-electron chi connectivity index (χ4n) is 3.30. The Labute approximate surface area is 171 Å². The maximum Gasteiger partial charge on any atom is 0.273 e. The molecule has 156 valence electrons. The number of aryl methyl sites for hydroxylation is 1. The normalized spacial score (nSPS) is 15.9. The Kier molecular flexibility index (Phi) is 7.01. The molecule has 1 aliphatic heterocycles. The van der Waals surface area contributed by atoms with E-state index in [1.54, 1.807) is 0 Å². The number of hydrogen-bond acceptors (Lipinski definition) is 5. The van der Waals surface area contributed by atoms with Crippen LogP contribution in [-0.4, -0.2) is 45.2 Å². The molecule has 3 rings (SSSR count). The Morgan fingerprint density at radius 1 is 1.24 bits per heavy atom. The quantitative estimate of drug-likeness (QED) is 0.774. The molecule has 1 unspecified atom stereocenters. The largest absolute Gasteiger partial charge is 0.491 e. The first-order valence-electron chi connectivity index (χ1n) is 10.5. The number of piperidine rings is 1. The van der Waals surface area contributed by atoms with Crippen molar-refractivity contribution >= 4 is 5.91 Å². The summed E-state index contributed by atoms with van der Waals surface area (Å²) in [6, 6.07) is 7.40. The molecule has 1 amide bonds. The molecular formula is C22H30N4O3. The lowest BCUT2D eigenvalue weighted by Crippen LogP contribution is -2.38. The lowest BCUT2D eigenvalue weighted by molar-refractivity contribution is -0.132. The monoisotopic (exact) mass is 398 g/mol. The third-order valence-electron chi connectivity index (χ3n) is 5.52. The number of likely N-dealkylation sites (tertiary alicyclic amines) is 1. The zero-order valence-corrected chi connectivity index (χ0v) is 17.5. The first kappa shape index (κ1) is 21.0. The maximum absolute atomic E-state index is 12.4. The first-order chi connectivity index (χ1) is 14.0. The molecule has 1 aromatic heterocycles. The SMILES string of the molecule is CCC(C)Oc1ccc(-c2nnc(CCC(=O)N3CCC(C)CC3)c(=O)[nH]2)cc1. The van der Waals surface area contributed by atoms with Crippen LogP contribution in [0.1, 0.15) is 52.1 Å². The molecule has 1 fully saturated rings. The van der Waals surface area contributed by atoms with Crippen molar-refractivity contribution < 1.29 is 9.53 Å². The van der Waals surface area contributed by atoms with E-state index in [1.165, 1.54) is 0 Å². The summed E-state index contributed by atoms with van der Waals surface area (Å²) < 4.78 is 5.76. The van der Waals surface area contributed by atoms with E-state index in [-0.39, 0.29) is 24.0 Å². The minimum atomic E-state index is -0.296. The maximum atomic E-state index is 12.4. The number of amides is 1. The molecule has 0 spiro atoms. The number of ether oxygens (including phenoxy) is 1. The number of carbonyl (C=O) groups excluding carboxylic acids is 1. The zero-order chi connectivity index (χ0) is 20.8. The Morgan fingerprint density at radius 3 is 2.55 bits per heavy atom. The number of hydrogen-bond donors (Lipinski definition) is 1. The van der Waals surface area contributed by atoms with E-state index in [2.05, 4.69) is 29.0 Å². The Bertz CT molecular complexity index is 870. The van der Waals surface area contributed by atoms with Gasteiger partial charge in [0.2, 0.25) is 5.91 Å². The highest BCUT2D eigenvalue weighted by molar-refractivity contribution is 5.76. The minimum Gasteiger partial charge on any atom is -0.491 e. The molecule has 1 saturated heterocycles. The molecule has 29 heavy (non-hydrogen) atoms.